The second-order valence-electron chi connectivity index (χ2n) is 4.66. The molecule has 2 aromatic carbocycles. The van der Waals surface area contributed by atoms with Crippen LogP contribution < -0.4 is 10.5 Å². The van der Waals surface area contributed by atoms with Crippen LogP contribution in [0, 0.1) is 5.82 Å². The van der Waals surface area contributed by atoms with Crippen LogP contribution in [0.2, 0.25) is 5.02 Å². The molecule has 0 unspecified atom stereocenters. The zero-order valence-corrected chi connectivity index (χ0v) is 12.2. The van der Waals surface area contributed by atoms with Crippen molar-refractivity contribution in [2.45, 2.75) is 26.3 Å². The van der Waals surface area contributed by atoms with E-state index in [1.54, 1.807) is 31.2 Å². The molecular weight excluding hydrogens is 277 g/mol. The van der Waals surface area contributed by atoms with E-state index in [0.717, 1.165) is 12.0 Å². The average Bonchev–Trinajstić information content (AvgIpc) is 2.42. The molecule has 2 nitrogen and oxygen atoms in total. The van der Waals surface area contributed by atoms with E-state index in [1.807, 2.05) is 13.0 Å². The summed E-state index contributed by atoms with van der Waals surface area (Å²) in [6.07, 6.45) is 0.785. The summed E-state index contributed by atoms with van der Waals surface area (Å²) in [4.78, 5) is 0. The Hall–Kier alpha value is -1.58. The van der Waals surface area contributed by atoms with E-state index >= 15 is 0 Å². The maximum Gasteiger partial charge on any atom is 0.167 e. The average molecular weight is 294 g/mol. The lowest BCUT2D eigenvalue weighted by Gasteiger charge is -2.15. The topological polar surface area (TPSA) is 35.2 Å². The van der Waals surface area contributed by atoms with Gasteiger partial charge in [0.1, 0.15) is 5.75 Å². The van der Waals surface area contributed by atoms with Crippen molar-refractivity contribution in [3.8, 4) is 11.5 Å². The van der Waals surface area contributed by atoms with E-state index in [4.69, 9.17) is 22.1 Å². The van der Waals surface area contributed by atoms with Crippen LogP contribution in [0.5, 0.6) is 11.5 Å². The zero-order valence-electron chi connectivity index (χ0n) is 11.5. The molecule has 0 fully saturated rings. The van der Waals surface area contributed by atoms with Crippen molar-refractivity contribution in [2.24, 2.45) is 5.73 Å². The molecule has 0 heterocycles. The molecular formula is C16H17ClFNO. The second-order valence-corrected chi connectivity index (χ2v) is 5.06. The van der Waals surface area contributed by atoms with Crippen molar-refractivity contribution in [1.29, 1.82) is 0 Å². The predicted octanol–water partition coefficient (Wildman–Crippen LogP) is 4.85. The SMILES string of the molecule is CCc1cc(Oc2c(F)cccc2[C@@H](C)N)ccc1Cl. The van der Waals surface area contributed by atoms with E-state index in [9.17, 15) is 4.39 Å². The molecule has 0 aliphatic heterocycles. The minimum atomic E-state index is -0.423. The standard InChI is InChI=1S/C16H17ClFNO/c1-3-11-9-12(7-8-14(11)17)20-16-13(10(2)19)5-4-6-15(16)18/h4-10H,3,19H2,1-2H3/t10-/m1/s1. The first-order chi connectivity index (χ1) is 9.52. The van der Waals surface area contributed by atoms with Gasteiger partial charge in [-0.2, -0.15) is 0 Å². The molecule has 4 heteroatoms. The third kappa shape index (κ3) is 3.11. The Balaban J connectivity index is 2.39. The van der Waals surface area contributed by atoms with E-state index < -0.39 is 5.82 Å². The van der Waals surface area contributed by atoms with Crippen molar-refractivity contribution in [3.63, 3.8) is 0 Å². The van der Waals surface area contributed by atoms with Crippen LogP contribution in [0.25, 0.3) is 0 Å². The maximum absolute atomic E-state index is 14.0. The van der Waals surface area contributed by atoms with Gasteiger partial charge in [-0.25, -0.2) is 4.39 Å². The molecule has 2 rings (SSSR count). The van der Waals surface area contributed by atoms with Crippen LogP contribution >= 0.6 is 11.6 Å². The van der Waals surface area contributed by atoms with Crippen molar-refractivity contribution in [1.82, 2.24) is 0 Å². The zero-order chi connectivity index (χ0) is 14.7. The first-order valence-electron chi connectivity index (χ1n) is 6.53. The number of benzene rings is 2. The highest BCUT2D eigenvalue weighted by Crippen LogP contribution is 2.33. The summed E-state index contributed by atoms with van der Waals surface area (Å²) in [5.41, 5.74) is 7.45. The molecule has 0 bridgehead atoms. The van der Waals surface area contributed by atoms with Gasteiger partial charge in [0.2, 0.25) is 0 Å². The molecule has 2 N–H and O–H groups in total. The quantitative estimate of drug-likeness (QED) is 0.874. The van der Waals surface area contributed by atoms with Gasteiger partial charge < -0.3 is 10.5 Å². The fourth-order valence-corrected chi connectivity index (χ4v) is 2.25. The van der Waals surface area contributed by atoms with Crippen LogP contribution in [-0.4, -0.2) is 0 Å². The van der Waals surface area contributed by atoms with Gasteiger partial charge in [0, 0.05) is 16.6 Å². The number of nitrogens with two attached hydrogens (primary N) is 1. The molecule has 20 heavy (non-hydrogen) atoms. The lowest BCUT2D eigenvalue weighted by Crippen LogP contribution is -2.07. The fraction of sp³-hybridized carbons (Fsp3) is 0.250. The third-order valence-electron chi connectivity index (χ3n) is 3.11. The smallest absolute Gasteiger partial charge is 0.167 e. The Bertz CT molecular complexity index is 613. The second kappa shape index (κ2) is 6.25. The van der Waals surface area contributed by atoms with Crippen molar-refractivity contribution in [3.05, 3.63) is 58.4 Å². The van der Waals surface area contributed by atoms with Crippen LogP contribution in [0.15, 0.2) is 36.4 Å². The van der Waals surface area contributed by atoms with Crippen LogP contribution in [0.4, 0.5) is 4.39 Å². The lowest BCUT2D eigenvalue weighted by atomic mass is 10.1. The molecule has 0 saturated heterocycles. The summed E-state index contributed by atoms with van der Waals surface area (Å²) < 4.78 is 19.6. The molecule has 0 spiro atoms. The number of halogens is 2. The number of aryl methyl sites for hydroxylation is 1. The minimum absolute atomic E-state index is 0.173. The Labute approximate surface area is 123 Å². The number of ether oxygens (including phenoxy) is 1. The summed E-state index contributed by atoms with van der Waals surface area (Å²) in [7, 11) is 0. The van der Waals surface area contributed by atoms with Crippen LogP contribution in [0.3, 0.4) is 0 Å². The summed E-state index contributed by atoms with van der Waals surface area (Å²) >= 11 is 6.06. The number of hydrogen-bond donors (Lipinski definition) is 1. The number of hydrogen-bond acceptors (Lipinski definition) is 2. The molecule has 0 saturated carbocycles. The summed E-state index contributed by atoms with van der Waals surface area (Å²) in [6, 6.07) is 9.73. The van der Waals surface area contributed by atoms with Crippen molar-refractivity contribution >= 4 is 11.6 Å². The van der Waals surface area contributed by atoms with Crippen LogP contribution in [0.1, 0.15) is 31.0 Å². The number of rotatable bonds is 4. The van der Waals surface area contributed by atoms with E-state index in [0.29, 0.717) is 16.3 Å². The van der Waals surface area contributed by atoms with E-state index in [-0.39, 0.29) is 11.8 Å². The van der Waals surface area contributed by atoms with E-state index in [1.165, 1.54) is 6.07 Å². The van der Waals surface area contributed by atoms with Gasteiger partial charge >= 0.3 is 0 Å². The molecule has 2 aromatic rings. The molecule has 1 atom stereocenters. The van der Waals surface area contributed by atoms with Gasteiger partial charge in [0.05, 0.1) is 0 Å². The van der Waals surface area contributed by atoms with Gasteiger partial charge in [-0.3, -0.25) is 0 Å². The Morgan fingerprint density at radius 2 is 2.05 bits per heavy atom. The fourth-order valence-electron chi connectivity index (χ4n) is 2.00. The van der Waals surface area contributed by atoms with Gasteiger partial charge in [0.25, 0.3) is 0 Å². The highest BCUT2D eigenvalue weighted by atomic mass is 35.5. The van der Waals surface area contributed by atoms with Gasteiger partial charge in [-0.15, -0.1) is 0 Å². The molecule has 0 aliphatic carbocycles. The molecule has 0 amide bonds. The highest BCUT2D eigenvalue weighted by Gasteiger charge is 2.14. The number of para-hydroxylation sites is 1. The van der Waals surface area contributed by atoms with Crippen LogP contribution in [-0.2, 0) is 6.42 Å². The largest absolute Gasteiger partial charge is 0.454 e. The van der Waals surface area contributed by atoms with Crippen molar-refractivity contribution in [2.75, 3.05) is 0 Å². The Morgan fingerprint density at radius 3 is 2.70 bits per heavy atom. The van der Waals surface area contributed by atoms with Gasteiger partial charge in [0.15, 0.2) is 11.6 Å². The van der Waals surface area contributed by atoms with Crippen molar-refractivity contribution < 1.29 is 9.13 Å². The Morgan fingerprint density at radius 1 is 1.30 bits per heavy atom. The Kier molecular flexibility index (Phi) is 4.63. The summed E-state index contributed by atoms with van der Waals surface area (Å²) in [5, 5.41) is 0.681. The summed E-state index contributed by atoms with van der Waals surface area (Å²) in [5.74, 6) is 0.304. The normalized spacial score (nSPS) is 12.2. The summed E-state index contributed by atoms with van der Waals surface area (Å²) in [6.45, 7) is 3.79. The lowest BCUT2D eigenvalue weighted by molar-refractivity contribution is 0.432. The third-order valence-corrected chi connectivity index (χ3v) is 3.47. The van der Waals surface area contributed by atoms with Gasteiger partial charge in [-0.05, 0) is 43.2 Å². The molecule has 0 aromatic heterocycles. The van der Waals surface area contributed by atoms with E-state index in [2.05, 4.69) is 0 Å². The maximum atomic E-state index is 14.0. The minimum Gasteiger partial charge on any atom is -0.454 e. The molecule has 0 radical (unpaired) electrons. The molecule has 106 valence electrons. The highest BCUT2D eigenvalue weighted by molar-refractivity contribution is 6.31. The first kappa shape index (κ1) is 14.8. The molecule has 0 aliphatic rings. The predicted molar refractivity (Wildman–Crippen MR) is 79.9 cm³/mol. The monoisotopic (exact) mass is 293 g/mol. The van der Waals surface area contributed by atoms with Gasteiger partial charge in [-0.1, -0.05) is 30.7 Å². The first-order valence-corrected chi connectivity index (χ1v) is 6.91.